The number of nitrogens with zero attached hydrogens (tertiary/aromatic N) is 1. The van der Waals surface area contributed by atoms with Crippen molar-refractivity contribution in [3.8, 4) is 0 Å². The van der Waals surface area contributed by atoms with Crippen molar-refractivity contribution in [1.82, 2.24) is 10.2 Å². The van der Waals surface area contributed by atoms with E-state index in [0.29, 0.717) is 37.9 Å². The fraction of sp³-hybridized carbons (Fsp3) is 0.636. The van der Waals surface area contributed by atoms with Gasteiger partial charge in [0.15, 0.2) is 0 Å². The van der Waals surface area contributed by atoms with E-state index in [-0.39, 0.29) is 23.7 Å². The number of aryl methyl sites for hydroxylation is 1. The number of rotatable bonds is 7. The van der Waals surface area contributed by atoms with Crippen LogP contribution in [0.1, 0.15) is 57.6 Å². The van der Waals surface area contributed by atoms with E-state index in [1.807, 2.05) is 17.0 Å². The van der Waals surface area contributed by atoms with Gasteiger partial charge >= 0.3 is 0 Å². The minimum atomic E-state index is -0.167. The summed E-state index contributed by atoms with van der Waals surface area (Å²) in [4.78, 5) is 27.3. The van der Waals surface area contributed by atoms with Crippen LogP contribution in [0.5, 0.6) is 0 Å². The number of carbonyl (C=O) groups is 2. The Bertz CT molecular complexity index is 624. The van der Waals surface area contributed by atoms with Gasteiger partial charge in [0.25, 0.3) is 0 Å². The van der Waals surface area contributed by atoms with Gasteiger partial charge in [-0.3, -0.25) is 9.59 Å². The number of amides is 2. The van der Waals surface area contributed by atoms with E-state index in [1.165, 1.54) is 11.1 Å². The fourth-order valence-electron chi connectivity index (χ4n) is 3.68. The highest BCUT2D eigenvalue weighted by Gasteiger charge is 2.40. The summed E-state index contributed by atoms with van der Waals surface area (Å²) < 4.78 is 0. The van der Waals surface area contributed by atoms with Crippen molar-refractivity contribution in [2.45, 2.75) is 53.4 Å². The largest absolute Gasteiger partial charge is 0.356 e. The van der Waals surface area contributed by atoms with Gasteiger partial charge in [-0.15, -0.1) is 0 Å². The van der Waals surface area contributed by atoms with Gasteiger partial charge < -0.3 is 10.2 Å². The number of likely N-dealkylation sites (tertiary alicyclic amines) is 1. The van der Waals surface area contributed by atoms with E-state index in [9.17, 15) is 9.59 Å². The molecule has 1 aromatic carbocycles. The Morgan fingerprint density at radius 3 is 2.42 bits per heavy atom. The minimum absolute atomic E-state index is 0.0753. The van der Waals surface area contributed by atoms with Crippen molar-refractivity contribution >= 4 is 11.8 Å². The lowest BCUT2D eigenvalue weighted by molar-refractivity contribution is -0.131. The molecule has 1 heterocycles. The molecule has 2 unspecified atom stereocenters. The van der Waals surface area contributed by atoms with Gasteiger partial charge in [-0.2, -0.15) is 0 Å². The zero-order chi connectivity index (χ0) is 19.3. The summed E-state index contributed by atoms with van der Waals surface area (Å²) >= 11 is 0. The van der Waals surface area contributed by atoms with Crippen LogP contribution < -0.4 is 5.32 Å². The number of nitrogens with one attached hydrogen (secondary N) is 1. The molecule has 2 atom stereocenters. The van der Waals surface area contributed by atoms with Gasteiger partial charge in [-0.25, -0.2) is 0 Å². The SMILES string of the molecule is Cc1ccccc1C1CN(C(=O)CC(C)C)CC1C(=O)NCCC(C)C. The molecule has 1 aliphatic rings. The predicted octanol–water partition coefficient (Wildman–Crippen LogP) is 3.75. The Labute approximate surface area is 158 Å². The third-order valence-electron chi connectivity index (χ3n) is 5.20. The standard InChI is InChI=1S/C22H34N2O2/c1-15(2)10-11-23-22(26)20-14-24(21(25)12-16(3)4)13-19(20)18-9-7-6-8-17(18)5/h6-9,15-16,19-20H,10-14H2,1-5H3,(H,23,26). The Hall–Kier alpha value is -1.84. The van der Waals surface area contributed by atoms with Crippen molar-refractivity contribution in [2.75, 3.05) is 19.6 Å². The summed E-state index contributed by atoms with van der Waals surface area (Å²) in [7, 11) is 0. The molecule has 0 bridgehead atoms. The van der Waals surface area contributed by atoms with Gasteiger partial charge in [-0.05, 0) is 36.3 Å². The molecule has 26 heavy (non-hydrogen) atoms. The van der Waals surface area contributed by atoms with E-state index >= 15 is 0 Å². The van der Waals surface area contributed by atoms with Crippen LogP contribution in [0.25, 0.3) is 0 Å². The molecule has 1 N–H and O–H groups in total. The molecule has 0 aliphatic carbocycles. The maximum Gasteiger partial charge on any atom is 0.225 e. The molecule has 1 fully saturated rings. The van der Waals surface area contributed by atoms with Gasteiger partial charge in [0, 0.05) is 32.0 Å². The van der Waals surface area contributed by atoms with Crippen LogP contribution in [0.4, 0.5) is 0 Å². The molecule has 0 saturated carbocycles. The lowest BCUT2D eigenvalue weighted by Crippen LogP contribution is -2.36. The van der Waals surface area contributed by atoms with Crippen molar-refractivity contribution in [3.05, 3.63) is 35.4 Å². The number of hydrogen-bond donors (Lipinski definition) is 1. The van der Waals surface area contributed by atoms with Crippen molar-refractivity contribution in [3.63, 3.8) is 0 Å². The molecule has 1 saturated heterocycles. The second kappa shape index (κ2) is 9.20. The average molecular weight is 359 g/mol. The molecule has 0 radical (unpaired) electrons. The Balaban J connectivity index is 2.16. The van der Waals surface area contributed by atoms with E-state index in [0.717, 1.165) is 6.42 Å². The highest BCUT2D eigenvalue weighted by molar-refractivity contribution is 5.83. The van der Waals surface area contributed by atoms with Gasteiger partial charge in [0.1, 0.15) is 0 Å². The molecular weight excluding hydrogens is 324 g/mol. The van der Waals surface area contributed by atoms with E-state index in [1.54, 1.807) is 0 Å². The van der Waals surface area contributed by atoms with Crippen molar-refractivity contribution in [2.24, 2.45) is 17.8 Å². The van der Waals surface area contributed by atoms with Gasteiger partial charge in [0.2, 0.25) is 11.8 Å². The number of carbonyl (C=O) groups excluding carboxylic acids is 2. The second-order valence-corrected chi connectivity index (χ2v) is 8.44. The van der Waals surface area contributed by atoms with Gasteiger partial charge in [-0.1, -0.05) is 52.0 Å². The molecule has 1 aromatic rings. The molecule has 4 heteroatoms. The van der Waals surface area contributed by atoms with Crippen LogP contribution in [0.15, 0.2) is 24.3 Å². The summed E-state index contributed by atoms with van der Waals surface area (Å²) in [6.07, 6.45) is 1.52. The summed E-state index contributed by atoms with van der Waals surface area (Å²) in [6.45, 7) is 12.4. The Kier molecular flexibility index (Phi) is 7.24. The smallest absolute Gasteiger partial charge is 0.225 e. The topological polar surface area (TPSA) is 49.4 Å². The van der Waals surface area contributed by atoms with E-state index < -0.39 is 0 Å². The first-order valence-corrected chi connectivity index (χ1v) is 9.90. The summed E-state index contributed by atoms with van der Waals surface area (Å²) in [5, 5.41) is 3.10. The second-order valence-electron chi connectivity index (χ2n) is 8.44. The van der Waals surface area contributed by atoms with Gasteiger partial charge in [0.05, 0.1) is 5.92 Å². The summed E-state index contributed by atoms with van der Waals surface area (Å²) in [6, 6.07) is 8.23. The minimum Gasteiger partial charge on any atom is -0.356 e. The molecule has 144 valence electrons. The molecule has 2 rings (SSSR count). The molecule has 0 spiro atoms. The average Bonchev–Trinajstić information content (AvgIpc) is 2.99. The zero-order valence-electron chi connectivity index (χ0n) is 16.9. The molecule has 0 aromatic heterocycles. The van der Waals surface area contributed by atoms with Crippen LogP contribution >= 0.6 is 0 Å². The summed E-state index contributed by atoms with van der Waals surface area (Å²) in [5.41, 5.74) is 2.38. The monoisotopic (exact) mass is 358 g/mol. The highest BCUT2D eigenvalue weighted by atomic mass is 16.2. The third-order valence-corrected chi connectivity index (χ3v) is 5.20. The maximum atomic E-state index is 12.9. The molecule has 1 aliphatic heterocycles. The first kappa shape index (κ1) is 20.5. The van der Waals surface area contributed by atoms with Crippen LogP contribution in [0.2, 0.25) is 0 Å². The lowest BCUT2D eigenvalue weighted by atomic mass is 9.86. The van der Waals surface area contributed by atoms with E-state index in [4.69, 9.17) is 0 Å². The zero-order valence-corrected chi connectivity index (χ0v) is 16.9. The number of benzene rings is 1. The first-order valence-electron chi connectivity index (χ1n) is 9.90. The number of hydrogen-bond acceptors (Lipinski definition) is 2. The lowest BCUT2D eigenvalue weighted by Gasteiger charge is -2.20. The Morgan fingerprint density at radius 2 is 1.81 bits per heavy atom. The predicted molar refractivity (Wildman–Crippen MR) is 106 cm³/mol. The van der Waals surface area contributed by atoms with Crippen LogP contribution in [-0.2, 0) is 9.59 Å². The maximum absolute atomic E-state index is 12.9. The highest BCUT2D eigenvalue weighted by Crippen LogP contribution is 2.35. The van der Waals surface area contributed by atoms with Crippen molar-refractivity contribution in [1.29, 1.82) is 0 Å². The van der Waals surface area contributed by atoms with E-state index in [2.05, 4.69) is 52.1 Å². The first-order chi connectivity index (χ1) is 12.3. The van der Waals surface area contributed by atoms with Crippen LogP contribution in [0.3, 0.4) is 0 Å². The van der Waals surface area contributed by atoms with Crippen molar-refractivity contribution < 1.29 is 9.59 Å². The van der Waals surface area contributed by atoms with Crippen LogP contribution in [0, 0.1) is 24.7 Å². The fourth-order valence-corrected chi connectivity index (χ4v) is 3.68. The molecule has 4 nitrogen and oxygen atoms in total. The molecular formula is C22H34N2O2. The summed E-state index contributed by atoms with van der Waals surface area (Å²) in [5.74, 6) is 1.05. The third kappa shape index (κ3) is 5.33. The Morgan fingerprint density at radius 1 is 1.12 bits per heavy atom. The molecule has 2 amide bonds. The van der Waals surface area contributed by atoms with Crippen LogP contribution in [-0.4, -0.2) is 36.3 Å². The normalized spacial score (nSPS) is 20.0. The quantitative estimate of drug-likeness (QED) is 0.807.